The van der Waals surface area contributed by atoms with Gasteiger partial charge in [0.05, 0.1) is 5.69 Å². The van der Waals surface area contributed by atoms with Crippen LogP contribution < -0.4 is 5.43 Å². The maximum atomic E-state index is 10.0. The second kappa shape index (κ2) is 4.51. The molecule has 0 saturated heterocycles. The molecule has 0 unspecified atom stereocenters. The van der Waals surface area contributed by atoms with E-state index in [1.54, 1.807) is 0 Å². The maximum absolute atomic E-state index is 10.0. The van der Waals surface area contributed by atoms with Crippen LogP contribution in [0.25, 0.3) is 0 Å². The molecule has 0 heterocycles. The first-order valence-corrected chi connectivity index (χ1v) is 3.70. The Morgan fingerprint density at radius 1 is 1.42 bits per heavy atom. The Balaban J connectivity index is 2.60. The molecule has 0 atom stereocenters. The number of nitrogens with one attached hydrogen (secondary N) is 1. The number of carbonyl (C=O) groups excluding carboxylic acids is 1. The molecule has 0 amide bonds. The van der Waals surface area contributed by atoms with Crippen molar-refractivity contribution in [2.45, 2.75) is 0 Å². The van der Waals surface area contributed by atoms with Crippen molar-refractivity contribution in [1.82, 2.24) is 0 Å². The van der Waals surface area contributed by atoms with Gasteiger partial charge in [0.1, 0.15) is 0 Å². The highest BCUT2D eigenvalue weighted by molar-refractivity contribution is 6.79. The zero-order valence-electron chi connectivity index (χ0n) is 6.20. The summed E-state index contributed by atoms with van der Waals surface area (Å²) in [6, 6.07) is 9.23. The van der Waals surface area contributed by atoms with Crippen LogP contribution >= 0.6 is 11.6 Å². The second-order valence-electron chi connectivity index (χ2n) is 2.03. The number of benzene rings is 1. The summed E-state index contributed by atoms with van der Waals surface area (Å²) in [7, 11) is 0. The molecule has 3 nitrogen and oxygen atoms in total. The number of rotatable bonds is 3. The van der Waals surface area contributed by atoms with Gasteiger partial charge in [0.15, 0.2) is 11.5 Å². The lowest BCUT2D eigenvalue weighted by molar-refractivity contribution is -0.102. The fraction of sp³-hybridized carbons (Fsp3) is 0. The van der Waals surface area contributed by atoms with Crippen LogP contribution in [-0.2, 0) is 4.79 Å². The molecule has 0 saturated carbocycles. The lowest BCUT2D eigenvalue weighted by Crippen LogP contribution is -1.94. The highest BCUT2D eigenvalue weighted by Crippen LogP contribution is 2.04. The van der Waals surface area contributed by atoms with Crippen molar-refractivity contribution in [2.24, 2.45) is 5.10 Å². The fourth-order valence-electron chi connectivity index (χ4n) is 0.657. The van der Waals surface area contributed by atoms with Crippen LogP contribution in [0, 0.1) is 0 Å². The summed E-state index contributed by atoms with van der Waals surface area (Å²) in [5.74, 6) is 0. The number of hydrogen-bond donors (Lipinski definition) is 1. The first kappa shape index (κ1) is 8.74. The minimum Gasteiger partial charge on any atom is -0.295 e. The van der Waals surface area contributed by atoms with Crippen molar-refractivity contribution in [2.75, 3.05) is 5.43 Å². The number of halogens is 1. The van der Waals surface area contributed by atoms with Gasteiger partial charge in [-0.15, -0.1) is 0 Å². The smallest absolute Gasteiger partial charge is 0.189 e. The maximum Gasteiger partial charge on any atom is 0.189 e. The third-order valence-corrected chi connectivity index (χ3v) is 1.34. The average Bonchev–Trinajstić information content (AvgIpc) is 2.16. The van der Waals surface area contributed by atoms with Gasteiger partial charge in [0.2, 0.25) is 0 Å². The summed E-state index contributed by atoms with van der Waals surface area (Å²) in [4.78, 5) is 10.0. The molecule has 0 radical (unpaired) electrons. The van der Waals surface area contributed by atoms with Crippen LogP contribution in [-0.4, -0.2) is 11.5 Å². The average molecular weight is 183 g/mol. The van der Waals surface area contributed by atoms with E-state index in [0.717, 1.165) is 5.69 Å². The van der Waals surface area contributed by atoms with E-state index in [1.807, 2.05) is 30.3 Å². The van der Waals surface area contributed by atoms with E-state index in [-0.39, 0.29) is 5.17 Å². The predicted octanol–water partition coefficient (Wildman–Crippen LogP) is 1.85. The zero-order chi connectivity index (χ0) is 8.81. The summed E-state index contributed by atoms with van der Waals surface area (Å²) in [5.41, 5.74) is 3.41. The Morgan fingerprint density at radius 3 is 2.67 bits per heavy atom. The molecule has 0 spiro atoms. The molecule has 0 aliphatic heterocycles. The highest BCUT2D eigenvalue weighted by atomic mass is 35.5. The van der Waals surface area contributed by atoms with E-state index in [4.69, 9.17) is 11.6 Å². The van der Waals surface area contributed by atoms with Crippen LogP contribution in [0.3, 0.4) is 0 Å². The van der Waals surface area contributed by atoms with Gasteiger partial charge in [-0.1, -0.05) is 29.8 Å². The van der Waals surface area contributed by atoms with Crippen LogP contribution in [0.2, 0.25) is 0 Å². The zero-order valence-corrected chi connectivity index (χ0v) is 6.95. The number of aldehydes is 1. The Labute approximate surface area is 75.0 Å². The van der Waals surface area contributed by atoms with E-state index < -0.39 is 0 Å². The van der Waals surface area contributed by atoms with Gasteiger partial charge >= 0.3 is 0 Å². The van der Waals surface area contributed by atoms with Crippen molar-refractivity contribution < 1.29 is 4.79 Å². The number of anilines is 1. The molecule has 62 valence electrons. The first-order valence-electron chi connectivity index (χ1n) is 3.32. The van der Waals surface area contributed by atoms with Gasteiger partial charge in [-0.25, -0.2) is 0 Å². The molecule has 0 fully saturated rings. The highest BCUT2D eigenvalue weighted by Gasteiger charge is 1.88. The minimum atomic E-state index is -0.0983. The molecule has 1 aromatic carbocycles. The first-order chi connectivity index (χ1) is 5.83. The SMILES string of the molecule is O=C/C(Cl)=N\Nc1ccccc1. The van der Waals surface area contributed by atoms with E-state index in [0.29, 0.717) is 6.29 Å². The van der Waals surface area contributed by atoms with Crippen LogP contribution in [0.1, 0.15) is 0 Å². The third kappa shape index (κ3) is 2.72. The lowest BCUT2D eigenvalue weighted by Gasteiger charge is -1.97. The lowest BCUT2D eigenvalue weighted by atomic mass is 10.3. The fourth-order valence-corrected chi connectivity index (χ4v) is 0.699. The van der Waals surface area contributed by atoms with E-state index in [9.17, 15) is 4.79 Å². The molecule has 0 bridgehead atoms. The number of carbonyl (C=O) groups is 1. The van der Waals surface area contributed by atoms with Crippen molar-refractivity contribution in [3.63, 3.8) is 0 Å². The topological polar surface area (TPSA) is 41.5 Å². The molecule has 0 aliphatic rings. The monoisotopic (exact) mass is 182 g/mol. The Morgan fingerprint density at radius 2 is 2.08 bits per heavy atom. The molecule has 0 aromatic heterocycles. The number of nitrogens with zero attached hydrogens (tertiary/aromatic N) is 1. The van der Waals surface area contributed by atoms with E-state index in [1.165, 1.54) is 0 Å². The standard InChI is InChI=1S/C8H7ClN2O/c9-8(6-12)11-10-7-4-2-1-3-5-7/h1-6,10H/b11-8+. The number of hydrazone groups is 1. The van der Waals surface area contributed by atoms with Gasteiger partial charge in [-0.05, 0) is 12.1 Å². The van der Waals surface area contributed by atoms with E-state index in [2.05, 4.69) is 10.5 Å². The van der Waals surface area contributed by atoms with Crippen molar-refractivity contribution >= 4 is 28.7 Å². The number of hydrogen-bond acceptors (Lipinski definition) is 3. The summed E-state index contributed by atoms with van der Waals surface area (Å²) in [6.45, 7) is 0. The summed E-state index contributed by atoms with van der Waals surface area (Å²) in [6.07, 6.45) is 0.470. The van der Waals surface area contributed by atoms with Gasteiger partial charge in [-0.2, -0.15) is 5.10 Å². The summed E-state index contributed by atoms with van der Waals surface area (Å²) < 4.78 is 0. The molecular formula is C8H7ClN2O. The molecule has 1 aromatic rings. The van der Waals surface area contributed by atoms with Crippen LogP contribution in [0.5, 0.6) is 0 Å². The second-order valence-corrected chi connectivity index (χ2v) is 2.42. The molecular weight excluding hydrogens is 176 g/mol. The van der Waals surface area contributed by atoms with Crippen molar-refractivity contribution in [1.29, 1.82) is 0 Å². The largest absolute Gasteiger partial charge is 0.295 e. The summed E-state index contributed by atoms with van der Waals surface area (Å²) in [5, 5.41) is 3.48. The van der Waals surface area contributed by atoms with E-state index >= 15 is 0 Å². The minimum absolute atomic E-state index is 0.0983. The molecule has 1 rings (SSSR count). The van der Waals surface area contributed by atoms with Gasteiger partial charge < -0.3 is 0 Å². The van der Waals surface area contributed by atoms with Crippen LogP contribution in [0.15, 0.2) is 35.4 Å². The number of para-hydroxylation sites is 1. The third-order valence-electron chi connectivity index (χ3n) is 1.16. The van der Waals surface area contributed by atoms with Crippen molar-refractivity contribution in [3.8, 4) is 0 Å². The van der Waals surface area contributed by atoms with Gasteiger partial charge in [0.25, 0.3) is 0 Å². The quantitative estimate of drug-likeness (QED) is 0.440. The Bertz CT molecular complexity index is 284. The van der Waals surface area contributed by atoms with Gasteiger partial charge in [-0.3, -0.25) is 10.2 Å². The van der Waals surface area contributed by atoms with Gasteiger partial charge in [0, 0.05) is 0 Å². The Kier molecular flexibility index (Phi) is 3.29. The van der Waals surface area contributed by atoms with Crippen LogP contribution in [0.4, 0.5) is 5.69 Å². The molecule has 0 aliphatic carbocycles. The normalized spacial score (nSPS) is 10.9. The predicted molar refractivity (Wildman–Crippen MR) is 49.4 cm³/mol. The molecule has 1 N–H and O–H groups in total. The molecule has 12 heavy (non-hydrogen) atoms. The summed E-state index contributed by atoms with van der Waals surface area (Å²) >= 11 is 5.33. The van der Waals surface area contributed by atoms with Crippen molar-refractivity contribution in [3.05, 3.63) is 30.3 Å². The Hall–Kier alpha value is -1.35. The molecule has 4 heteroatoms.